The van der Waals surface area contributed by atoms with Gasteiger partial charge >= 0.3 is 0 Å². The first-order chi connectivity index (χ1) is 11.5. The maximum absolute atomic E-state index is 12.8. The van der Waals surface area contributed by atoms with Crippen LogP contribution in [0.15, 0.2) is 12.7 Å². The second kappa shape index (κ2) is 10.6. The molecule has 138 valence electrons. The molecule has 1 aliphatic rings. The fourth-order valence-electron chi connectivity index (χ4n) is 3.73. The van der Waals surface area contributed by atoms with Crippen LogP contribution in [0.25, 0.3) is 0 Å². The molecule has 0 bridgehead atoms. The molecular formula is C19H33NO4. The molecule has 0 saturated carbocycles. The maximum atomic E-state index is 12.8. The third-order valence-electron chi connectivity index (χ3n) is 5.08. The zero-order chi connectivity index (χ0) is 18.1. The fraction of sp³-hybridized carbons (Fsp3) is 0.789. The highest BCUT2D eigenvalue weighted by molar-refractivity contribution is 5.77. The van der Waals surface area contributed by atoms with Crippen LogP contribution >= 0.6 is 0 Å². The van der Waals surface area contributed by atoms with Crippen molar-refractivity contribution in [1.82, 2.24) is 4.90 Å². The van der Waals surface area contributed by atoms with Crippen molar-refractivity contribution in [3.05, 3.63) is 12.7 Å². The van der Waals surface area contributed by atoms with E-state index < -0.39 is 0 Å². The van der Waals surface area contributed by atoms with Crippen molar-refractivity contribution in [2.75, 3.05) is 20.8 Å². The Kier molecular flexibility index (Phi) is 9.22. The summed E-state index contributed by atoms with van der Waals surface area (Å²) in [7, 11) is 3.26. The number of carbonyl (C=O) groups is 2. The van der Waals surface area contributed by atoms with Gasteiger partial charge in [-0.3, -0.25) is 4.79 Å². The molecule has 0 aliphatic carbocycles. The number of hydrogen-bond acceptors (Lipinski definition) is 4. The highest BCUT2D eigenvalue weighted by Gasteiger charge is 2.38. The van der Waals surface area contributed by atoms with E-state index in [-0.39, 0.29) is 36.0 Å². The largest absolute Gasteiger partial charge is 0.380 e. The van der Waals surface area contributed by atoms with Crippen molar-refractivity contribution in [1.29, 1.82) is 0 Å². The van der Waals surface area contributed by atoms with Crippen LogP contribution in [0.5, 0.6) is 0 Å². The van der Waals surface area contributed by atoms with Crippen LogP contribution in [0.2, 0.25) is 0 Å². The summed E-state index contributed by atoms with van der Waals surface area (Å²) in [6.45, 7) is 8.56. The number of carbonyl (C=O) groups excluding carboxylic acids is 2. The first-order valence-electron chi connectivity index (χ1n) is 8.96. The van der Waals surface area contributed by atoms with Crippen LogP contribution in [0.3, 0.4) is 0 Å². The highest BCUT2D eigenvalue weighted by Crippen LogP contribution is 2.28. The zero-order valence-corrected chi connectivity index (χ0v) is 15.6. The molecule has 0 radical (unpaired) electrons. The Balaban J connectivity index is 2.80. The van der Waals surface area contributed by atoms with Crippen LogP contribution in [-0.4, -0.2) is 56.1 Å². The lowest BCUT2D eigenvalue weighted by molar-refractivity contribution is -0.139. The van der Waals surface area contributed by atoms with Gasteiger partial charge in [0.05, 0.1) is 24.7 Å². The molecule has 1 aliphatic heterocycles. The van der Waals surface area contributed by atoms with E-state index in [9.17, 15) is 9.59 Å². The van der Waals surface area contributed by atoms with Gasteiger partial charge in [-0.1, -0.05) is 26.3 Å². The van der Waals surface area contributed by atoms with Crippen LogP contribution in [0.4, 0.5) is 0 Å². The van der Waals surface area contributed by atoms with Crippen molar-refractivity contribution in [3.8, 4) is 0 Å². The Hall–Kier alpha value is -1.20. The van der Waals surface area contributed by atoms with Gasteiger partial charge in [-0.25, -0.2) is 0 Å². The Morgan fingerprint density at radius 2 is 2.08 bits per heavy atom. The summed E-state index contributed by atoms with van der Waals surface area (Å²) >= 11 is 0. The van der Waals surface area contributed by atoms with Crippen molar-refractivity contribution in [2.24, 2.45) is 11.8 Å². The quantitative estimate of drug-likeness (QED) is 0.429. The minimum absolute atomic E-state index is 0.0337. The molecule has 0 spiro atoms. The normalized spacial score (nSPS) is 22.7. The third kappa shape index (κ3) is 5.15. The lowest BCUT2D eigenvalue weighted by Gasteiger charge is -2.34. The molecule has 5 nitrogen and oxygen atoms in total. The third-order valence-corrected chi connectivity index (χ3v) is 5.08. The summed E-state index contributed by atoms with van der Waals surface area (Å²) in [5.41, 5.74) is 0. The molecule has 0 aromatic heterocycles. The summed E-state index contributed by atoms with van der Waals surface area (Å²) in [5, 5.41) is 0. The Bertz CT molecular complexity index is 412. The molecule has 5 atom stereocenters. The monoisotopic (exact) mass is 339 g/mol. The number of methoxy groups -OCH3 is 2. The van der Waals surface area contributed by atoms with Gasteiger partial charge in [-0.2, -0.15) is 0 Å². The van der Waals surface area contributed by atoms with Crippen molar-refractivity contribution in [2.45, 2.75) is 64.2 Å². The highest BCUT2D eigenvalue weighted by atomic mass is 16.5. The Morgan fingerprint density at radius 3 is 2.58 bits per heavy atom. The van der Waals surface area contributed by atoms with E-state index >= 15 is 0 Å². The van der Waals surface area contributed by atoms with Gasteiger partial charge in [0.2, 0.25) is 5.91 Å². The Morgan fingerprint density at radius 1 is 1.38 bits per heavy atom. The topological polar surface area (TPSA) is 55.8 Å². The predicted molar refractivity (Wildman–Crippen MR) is 94.8 cm³/mol. The molecule has 1 saturated heterocycles. The van der Waals surface area contributed by atoms with Gasteiger partial charge in [0.25, 0.3) is 0 Å². The minimum atomic E-state index is -0.249. The molecule has 0 aromatic carbocycles. The van der Waals surface area contributed by atoms with E-state index in [4.69, 9.17) is 9.47 Å². The van der Waals surface area contributed by atoms with Crippen LogP contribution < -0.4 is 0 Å². The minimum Gasteiger partial charge on any atom is -0.380 e. The van der Waals surface area contributed by atoms with Crippen molar-refractivity contribution in [3.63, 3.8) is 0 Å². The zero-order valence-electron chi connectivity index (χ0n) is 15.6. The van der Waals surface area contributed by atoms with Gasteiger partial charge in [-0.05, 0) is 19.3 Å². The molecule has 0 unspecified atom stereocenters. The summed E-state index contributed by atoms with van der Waals surface area (Å²) in [6, 6.07) is -0.0337. The molecule has 24 heavy (non-hydrogen) atoms. The van der Waals surface area contributed by atoms with Crippen LogP contribution in [0.1, 0.15) is 46.0 Å². The standard InChI is InChI=1S/C19H33NO4/c1-6-9-15(7-2)17(23-4)12-18(22)20-11-8-10-16(20)19(24-5)14(3)13-21/h7,13-17,19H,2,6,8-12H2,1,3-5H3/t14-,15-,16-,17+,19+/m0/s1. The van der Waals surface area contributed by atoms with E-state index in [2.05, 4.69) is 13.5 Å². The van der Waals surface area contributed by atoms with E-state index in [0.29, 0.717) is 6.42 Å². The maximum Gasteiger partial charge on any atom is 0.225 e. The van der Waals surface area contributed by atoms with Gasteiger partial charge < -0.3 is 19.2 Å². The van der Waals surface area contributed by atoms with E-state index in [1.165, 1.54) is 0 Å². The summed E-state index contributed by atoms with van der Waals surface area (Å²) in [5.74, 6) is 0.0252. The van der Waals surface area contributed by atoms with Crippen LogP contribution in [0, 0.1) is 11.8 Å². The summed E-state index contributed by atoms with van der Waals surface area (Å²) in [6.07, 6.45) is 6.54. The molecule has 1 fully saturated rings. The van der Waals surface area contributed by atoms with E-state index in [1.54, 1.807) is 14.2 Å². The molecule has 1 rings (SSSR count). The number of amides is 1. The SMILES string of the molecule is C=C[C@@H](CCC)[C@@H](CC(=O)N1CCC[C@H]1[C@H](OC)[C@@H](C)C=O)OC. The Labute approximate surface area is 146 Å². The molecule has 0 N–H and O–H groups in total. The number of nitrogens with zero attached hydrogens (tertiary/aromatic N) is 1. The molecule has 1 heterocycles. The summed E-state index contributed by atoms with van der Waals surface area (Å²) < 4.78 is 11.1. The van der Waals surface area contributed by atoms with Crippen LogP contribution in [-0.2, 0) is 19.1 Å². The summed E-state index contributed by atoms with van der Waals surface area (Å²) in [4.78, 5) is 25.9. The van der Waals surface area contributed by atoms with E-state index in [1.807, 2.05) is 17.9 Å². The smallest absolute Gasteiger partial charge is 0.225 e. The first-order valence-corrected chi connectivity index (χ1v) is 8.96. The predicted octanol–water partition coefficient (Wildman–Crippen LogP) is 2.83. The van der Waals surface area contributed by atoms with E-state index in [0.717, 1.165) is 38.5 Å². The van der Waals surface area contributed by atoms with Gasteiger partial charge in [0, 0.05) is 32.6 Å². The second-order valence-corrected chi connectivity index (χ2v) is 6.66. The van der Waals surface area contributed by atoms with Gasteiger partial charge in [0.1, 0.15) is 6.29 Å². The molecule has 0 aromatic rings. The lowest BCUT2D eigenvalue weighted by Crippen LogP contribution is -2.47. The van der Waals surface area contributed by atoms with Gasteiger partial charge in [-0.15, -0.1) is 6.58 Å². The van der Waals surface area contributed by atoms with Gasteiger partial charge in [0.15, 0.2) is 0 Å². The molecular weight excluding hydrogens is 306 g/mol. The average molecular weight is 339 g/mol. The number of hydrogen-bond donors (Lipinski definition) is 0. The number of rotatable bonds is 11. The number of ether oxygens (including phenoxy) is 2. The molecule has 5 heteroatoms. The first kappa shape index (κ1) is 20.8. The number of likely N-dealkylation sites (tertiary alicyclic amines) is 1. The van der Waals surface area contributed by atoms with Crippen molar-refractivity contribution >= 4 is 12.2 Å². The second-order valence-electron chi connectivity index (χ2n) is 6.66. The lowest BCUT2D eigenvalue weighted by atomic mass is 9.93. The van der Waals surface area contributed by atoms with Crippen molar-refractivity contribution < 1.29 is 19.1 Å². The molecule has 1 amide bonds. The average Bonchev–Trinajstić information content (AvgIpc) is 3.07. The fourth-order valence-corrected chi connectivity index (χ4v) is 3.73. The number of aldehydes is 1.